The maximum atomic E-state index is 12.3. The summed E-state index contributed by atoms with van der Waals surface area (Å²) in [7, 11) is -3.72. The first-order valence-electron chi connectivity index (χ1n) is 8.22. The van der Waals surface area contributed by atoms with Gasteiger partial charge in [0.1, 0.15) is 11.2 Å². The number of rotatable bonds is 6. The molecule has 1 amide bonds. The fourth-order valence-corrected chi connectivity index (χ4v) is 3.09. The Balaban J connectivity index is 1.89. The lowest BCUT2D eigenvalue weighted by Crippen LogP contribution is -2.32. The van der Waals surface area contributed by atoms with Crippen LogP contribution in [0.15, 0.2) is 56.6 Å². The third kappa shape index (κ3) is 6.54. The van der Waals surface area contributed by atoms with Crippen molar-refractivity contribution in [3.8, 4) is 0 Å². The summed E-state index contributed by atoms with van der Waals surface area (Å²) in [5.41, 5.74) is -0.762. The Labute approximate surface area is 157 Å². The van der Waals surface area contributed by atoms with Crippen molar-refractivity contribution < 1.29 is 22.4 Å². The fourth-order valence-electron chi connectivity index (χ4n) is 2.08. The molecule has 0 atom stereocenters. The van der Waals surface area contributed by atoms with Crippen LogP contribution in [0.1, 0.15) is 20.8 Å². The molecule has 0 aliphatic carbocycles. The summed E-state index contributed by atoms with van der Waals surface area (Å²) < 4.78 is 37.1. The molecule has 0 saturated carbocycles. The van der Waals surface area contributed by atoms with E-state index < -0.39 is 27.3 Å². The van der Waals surface area contributed by atoms with Crippen molar-refractivity contribution in [2.75, 3.05) is 13.1 Å². The van der Waals surface area contributed by atoms with Crippen LogP contribution < -0.4 is 15.7 Å². The molecular weight excluding hydrogens is 372 g/mol. The number of hydrogen-bond donors (Lipinski definition) is 2. The minimum absolute atomic E-state index is 0.0558. The third-order valence-corrected chi connectivity index (χ3v) is 4.64. The van der Waals surface area contributed by atoms with Crippen LogP contribution in [0.3, 0.4) is 0 Å². The van der Waals surface area contributed by atoms with Gasteiger partial charge in [-0.15, -0.1) is 0 Å². The normalized spacial score (nSPS) is 12.4. The van der Waals surface area contributed by atoms with E-state index in [1.54, 1.807) is 32.9 Å². The van der Waals surface area contributed by atoms with Crippen LogP contribution >= 0.6 is 0 Å². The highest BCUT2D eigenvalue weighted by Crippen LogP contribution is 2.17. The van der Waals surface area contributed by atoms with Crippen LogP contribution in [0.2, 0.25) is 0 Å². The molecule has 0 aliphatic heterocycles. The highest BCUT2D eigenvalue weighted by molar-refractivity contribution is 7.89. The van der Waals surface area contributed by atoms with Crippen molar-refractivity contribution in [3.05, 3.63) is 52.9 Å². The molecule has 0 spiro atoms. The van der Waals surface area contributed by atoms with E-state index in [1.807, 2.05) is 0 Å². The Kier molecular flexibility index (Phi) is 6.40. The Bertz CT molecular complexity index is 1000. The zero-order valence-corrected chi connectivity index (χ0v) is 16.1. The SMILES string of the molecule is CC(C)(C)OC(=O)NCC=CCNS(=O)(=O)c1ccc2oc(=O)ccc2c1. The van der Waals surface area contributed by atoms with Gasteiger partial charge in [0.2, 0.25) is 10.0 Å². The van der Waals surface area contributed by atoms with Crippen molar-refractivity contribution in [1.82, 2.24) is 10.0 Å². The quantitative estimate of drug-likeness (QED) is 0.573. The van der Waals surface area contributed by atoms with Crippen LogP contribution in [0.5, 0.6) is 0 Å². The zero-order valence-electron chi connectivity index (χ0n) is 15.3. The number of alkyl carbamates (subject to hydrolysis) is 1. The largest absolute Gasteiger partial charge is 0.444 e. The average Bonchev–Trinajstić information content (AvgIpc) is 2.55. The lowest BCUT2D eigenvalue weighted by Gasteiger charge is -2.19. The number of nitrogens with one attached hydrogen (secondary N) is 2. The highest BCUT2D eigenvalue weighted by Gasteiger charge is 2.15. The van der Waals surface area contributed by atoms with Crippen molar-refractivity contribution in [3.63, 3.8) is 0 Å². The maximum Gasteiger partial charge on any atom is 0.407 e. The zero-order chi connectivity index (χ0) is 20.1. The monoisotopic (exact) mass is 394 g/mol. The summed E-state index contributed by atoms with van der Waals surface area (Å²) in [6, 6.07) is 6.96. The second-order valence-electron chi connectivity index (χ2n) is 6.66. The number of carbonyl (C=O) groups excluding carboxylic acids is 1. The number of sulfonamides is 1. The maximum absolute atomic E-state index is 12.3. The first kappa shape index (κ1) is 20.7. The number of carbonyl (C=O) groups is 1. The van der Waals surface area contributed by atoms with Gasteiger partial charge in [0.25, 0.3) is 0 Å². The molecule has 0 fully saturated rings. The van der Waals surface area contributed by atoms with Crippen molar-refractivity contribution in [2.45, 2.75) is 31.3 Å². The molecule has 2 N–H and O–H groups in total. The molecule has 2 aromatic rings. The number of benzene rings is 1. The Hall–Kier alpha value is -2.65. The number of fused-ring (bicyclic) bond motifs is 1. The molecule has 0 bridgehead atoms. The van der Waals surface area contributed by atoms with Crippen LogP contribution in [0, 0.1) is 0 Å². The van der Waals surface area contributed by atoms with Crippen LogP contribution in [-0.4, -0.2) is 33.2 Å². The van der Waals surface area contributed by atoms with E-state index in [1.165, 1.54) is 30.3 Å². The van der Waals surface area contributed by atoms with Gasteiger partial charge in [0, 0.05) is 24.5 Å². The van der Waals surface area contributed by atoms with Crippen molar-refractivity contribution >= 4 is 27.1 Å². The Morgan fingerprint density at radius 3 is 2.56 bits per heavy atom. The minimum atomic E-state index is -3.72. The molecule has 9 heteroatoms. The van der Waals surface area contributed by atoms with Crippen molar-refractivity contribution in [1.29, 1.82) is 0 Å². The van der Waals surface area contributed by atoms with Gasteiger partial charge in [-0.2, -0.15) is 0 Å². The van der Waals surface area contributed by atoms with E-state index in [9.17, 15) is 18.0 Å². The molecule has 146 valence electrons. The van der Waals surface area contributed by atoms with Gasteiger partial charge in [0.05, 0.1) is 4.90 Å². The highest BCUT2D eigenvalue weighted by atomic mass is 32.2. The predicted molar refractivity (Wildman–Crippen MR) is 101 cm³/mol. The average molecular weight is 394 g/mol. The van der Waals surface area contributed by atoms with E-state index in [2.05, 4.69) is 10.0 Å². The Morgan fingerprint density at radius 1 is 1.15 bits per heavy atom. The Morgan fingerprint density at radius 2 is 1.85 bits per heavy atom. The first-order valence-corrected chi connectivity index (χ1v) is 9.71. The molecule has 1 aromatic carbocycles. The smallest absolute Gasteiger partial charge is 0.407 e. The second kappa shape index (κ2) is 8.36. The molecule has 8 nitrogen and oxygen atoms in total. The van der Waals surface area contributed by atoms with Gasteiger partial charge in [0.15, 0.2) is 0 Å². The predicted octanol–water partition coefficient (Wildman–Crippen LogP) is 2.15. The number of hydrogen-bond acceptors (Lipinski definition) is 6. The minimum Gasteiger partial charge on any atom is -0.444 e. The second-order valence-corrected chi connectivity index (χ2v) is 8.43. The lowest BCUT2D eigenvalue weighted by molar-refractivity contribution is 0.0534. The summed E-state index contributed by atoms with van der Waals surface area (Å²) in [6.45, 7) is 5.55. The van der Waals surface area contributed by atoms with Crippen LogP contribution in [0.4, 0.5) is 4.79 Å². The topological polar surface area (TPSA) is 115 Å². The van der Waals surface area contributed by atoms with E-state index in [-0.39, 0.29) is 18.0 Å². The summed E-state index contributed by atoms with van der Waals surface area (Å²) in [4.78, 5) is 22.7. The van der Waals surface area contributed by atoms with E-state index in [0.29, 0.717) is 11.0 Å². The molecule has 0 aliphatic rings. The molecule has 0 radical (unpaired) electrons. The van der Waals surface area contributed by atoms with Gasteiger partial charge in [-0.05, 0) is 45.0 Å². The summed E-state index contributed by atoms with van der Waals surface area (Å²) >= 11 is 0. The fraction of sp³-hybridized carbons (Fsp3) is 0.333. The van der Waals surface area contributed by atoms with Gasteiger partial charge in [-0.3, -0.25) is 0 Å². The molecule has 0 unspecified atom stereocenters. The first-order chi connectivity index (χ1) is 12.6. The molecular formula is C18H22N2O6S. The molecule has 0 saturated heterocycles. The molecule has 27 heavy (non-hydrogen) atoms. The summed E-state index contributed by atoms with van der Waals surface area (Å²) in [5.74, 6) is 0. The third-order valence-electron chi connectivity index (χ3n) is 3.22. The van der Waals surface area contributed by atoms with E-state index >= 15 is 0 Å². The van der Waals surface area contributed by atoms with Crippen LogP contribution in [0.25, 0.3) is 11.0 Å². The molecule has 1 heterocycles. The van der Waals surface area contributed by atoms with Gasteiger partial charge < -0.3 is 14.5 Å². The lowest BCUT2D eigenvalue weighted by atomic mass is 10.2. The summed E-state index contributed by atoms with van der Waals surface area (Å²) in [5, 5.41) is 3.04. The van der Waals surface area contributed by atoms with Crippen molar-refractivity contribution in [2.24, 2.45) is 0 Å². The number of amides is 1. The molecule has 2 rings (SSSR count). The number of ether oxygens (including phenoxy) is 1. The van der Waals surface area contributed by atoms with Gasteiger partial charge in [-0.25, -0.2) is 22.7 Å². The van der Waals surface area contributed by atoms with E-state index in [0.717, 1.165) is 0 Å². The summed E-state index contributed by atoms with van der Waals surface area (Å²) in [6.07, 6.45) is 2.65. The standard InChI is InChI=1S/C18H22N2O6S/c1-18(2,3)26-17(22)19-10-4-5-11-20-27(23,24)14-7-8-15-13(12-14)6-9-16(21)25-15/h4-9,12,20H,10-11H2,1-3H3,(H,19,22). The van der Waals surface area contributed by atoms with Gasteiger partial charge >= 0.3 is 11.7 Å². The van der Waals surface area contributed by atoms with Crippen LogP contribution in [-0.2, 0) is 14.8 Å². The molecule has 1 aromatic heterocycles. The van der Waals surface area contributed by atoms with Gasteiger partial charge in [-0.1, -0.05) is 12.2 Å². The van der Waals surface area contributed by atoms with E-state index in [4.69, 9.17) is 9.15 Å².